The monoisotopic (exact) mass is 436 g/mol. The lowest BCUT2D eigenvalue weighted by atomic mass is 9.91. The summed E-state index contributed by atoms with van der Waals surface area (Å²) in [6.07, 6.45) is 0.231. The van der Waals surface area contributed by atoms with Gasteiger partial charge in [0.15, 0.2) is 5.50 Å². The maximum Gasteiger partial charge on any atom is 0.242 e. The van der Waals surface area contributed by atoms with Crippen molar-refractivity contribution in [1.29, 1.82) is 0 Å². The number of hydrogen-bond donors (Lipinski definition) is 2. The van der Waals surface area contributed by atoms with Gasteiger partial charge in [-0.1, -0.05) is 30.3 Å². The van der Waals surface area contributed by atoms with E-state index in [1.54, 1.807) is 31.4 Å². The van der Waals surface area contributed by atoms with Crippen LogP contribution in [0.4, 0.5) is 5.69 Å². The van der Waals surface area contributed by atoms with Crippen molar-refractivity contribution < 1.29 is 19.1 Å². The van der Waals surface area contributed by atoms with E-state index < -0.39 is 11.4 Å². The van der Waals surface area contributed by atoms with Gasteiger partial charge in [-0.25, -0.2) is 0 Å². The topological polar surface area (TPSA) is 67.9 Å². The second-order valence-corrected chi connectivity index (χ2v) is 7.73. The van der Waals surface area contributed by atoms with Gasteiger partial charge in [0.25, 0.3) is 0 Å². The van der Waals surface area contributed by atoms with Gasteiger partial charge in [0.05, 0.1) is 13.7 Å². The molecule has 7 heteroatoms. The van der Waals surface area contributed by atoms with Crippen molar-refractivity contribution in [3.63, 3.8) is 0 Å². The van der Waals surface area contributed by atoms with Crippen LogP contribution in [0.5, 0.6) is 11.5 Å². The van der Waals surface area contributed by atoms with Gasteiger partial charge in [0.2, 0.25) is 11.8 Å². The van der Waals surface area contributed by atoms with E-state index in [-0.39, 0.29) is 18.2 Å². The number of methoxy groups -OCH3 is 1. The van der Waals surface area contributed by atoms with Crippen LogP contribution >= 0.6 is 12.6 Å². The number of nitrogens with one attached hydrogen (secondary N) is 1. The van der Waals surface area contributed by atoms with Gasteiger partial charge in [0.1, 0.15) is 17.4 Å². The molecule has 1 aliphatic heterocycles. The third-order valence-corrected chi connectivity index (χ3v) is 5.78. The van der Waals surface area contributed by atoms with Gasteiger partial charge in [-0.05, 0) is 54.4 Å². The molecule has 1 saturated heterocycles. The molecule has 0 bridgehead atoms. The summed E-state index contributed by atoms with van der Waals surface area (Å²) in [6, 6.07) is 18.9. The Bertz CT molecular complexity index is 1120. The van der Waals surface area contributed by atoms with Crippen LogP contribution in [-0.4, -0.2) is 31.0 Å². The highest BCUT2D eigenvalue weighted by atomic mass is 32.1. The normalized spacial score (nSPS) is 18.7. The number of thiol groups is 1. The summed E-state index contributed by atoms with van der Waals surface area (Å²) in [7, 11) is 1.58. The molecule has 1 fully saturated rings. The summed E-state index contributed by atoms with van der Waals surface area (Å²) in [4.78, 5) is 27.8. The van der Waals surface area contributed by atoms with Crippen molar-refractivity contribution in [3.05, 3.63) is 66.2 Å². The van der Waals surface area contributed by atoms with Crippen molar-refractivity contribution in [2.45, 2.75) is 18.8 Å². The van der Waals surface area contributed by atoms with Crippen LogP contribution in [-0.2, 0) is 16.0 Å². The molecule has 1 heterocycles. The van der Waals surface area contributed by atoms with Crippen LogP contribution in [0, 0.1) is 5.92 Å². The highest BCUT2D eigenvalue weighted by Crippen LogP contribution is 2.33. The highest BCUT2D eigenvalue weighted by molar-refractivity contribution is 7.81. The smallest absolute Gasteiger partial charge is 0.242 e. The van der Waals surface area contributed by atoms with E-state index in [0.29, 0.717) is 23.8 Å². The molecule has 4 rings (SSSR count). The predicted octanol–water partition coefficient (Wildman–Crippen LogP) is 3.78. The number of nitrogens with zero attached hydrogens (tertiary/aromatic N) is 1. The van der Waals surface area contributed by atoms with Gasteiger partial charge < -0.3 is 14.8 Å². The third-order valence-electron chi connectivity index (χ3n) is 5.42. The maximum atomic E-state index is 13.5. The van der Waals surface area contributed by atoms with E-state index in [9.17, 15) is 9.59 Å². The Hall–Kier alpha value is -3.19. The summed E-state index contributed by atoms with van der Waals surface area (Å²) in [5.41, 5.74) is 0.739. The molecule has 1 N–H and O–H groups in total. The number of amides is 2. The van der Waals surface area contributed by atoms with Crippen LogP contribution in [0.3, 0.4) is 0 Å². The average molecular weight is 437 g/mol. The Labute approximate surface area is 186 Å². The quantitative estimate of drug-likeness (QED) is 0.456. The number of ether oxygens (including phenoxy) is 2. The van der Waals surface area contributed by atoms with Gasteiger partial charge in [-0.2, -0.15) is 0 Å². The minimum atomic E-state index is -0.893. The molecular formula is C24H24N2O4S. The fraction of sp³-hybridized carbons (Fsp3) is 0.250. The van der Waals surface area contributed by atoms with E-state index in [1.165, 1.54) is 4.90 Å². The molecule has 160 valence electrons. The van der Waals surface area contributed by atoms with Gasteiger partial charge in [-0.3, -0.25) is 14.5 Å². The van der Waals surface area contributed by atoms with Crippen LogP contribution < -0.4 is 19.7 Å². The summed E-state index contributed by atoms with van der Waals surface area (Å²) in [6.45, 7) is 2.40. The molecule has 0 aliphatic carbocycles. The molecule has 31 heavy (non-hydrogen) atoms. The molecule has 1 aliphatic rings. The maximum absolute atomic E-state index is 13.5. The van der Waals surface area contributed by atoms with E-state index in [1.807, 2.05) is 43.3 Å². The Morgan fingerprint density at radius 3 is 2.48 bits per heavy atom. The molecule has 0 spiro atoms. The van der Waals surface area contributed by atoms with Gasteiger partial charge >= 0.3 is 0 Å². The van der Waals surface area contributed by atoms with E-state index >= 15 is 0 Å². The summed E-state index contributed by atoms with van der Waals surface area (Å²) in [5, 5.41) is 4.82. The fourth-order valence-corrected chi connectivity index (χ4v) is 4.28. The average Bonchev–Trinajstić information content (AvgIpc) is 2.78. The standard InChI is InChI=1S/C24H24N2O4S/c1-3-30-21-13-8-15-6-4-5-7-18(15)19(21)14-20-22(27)25-24(31)26(23(20)28)16-9-11-17(29-2)12-10-16/h4-13,20,24,31H,3,14H2,1-2H3,(H,25,27). The molecule has 2 unspecified atom stereocenters. The first-order valence-electron chi connectivity index (χ1n) is 10.1. The van der Waals surface area contributed by atoms with E-state index in [4.69, 9.17) is 9.47 Å². The molecule has 0 radical (unpaired) electrons. The molecular weight excluding hydrogens is 412 g/mol. The predicted molar refractivity (Wildman–Crippen MR) is 124 cm³/mol. The molecule has 2 amide bonds. The third kappa shape index (κ3) is 4.05. The number of hydrogen-bond acceptors (Lipinski definition) is 5. The Balaban J connectivity index is 1.71. The van der Waals surface area contributed by atoms with E-state index in [0.717, 1.165) is 16.3 Å². The van der Waals surface area contributed by atoms with Crippen molar-refractivity contribution >= 4 is 40.9 Å². The second-order valence-electron chi connectivity index (χ2n) is 7.24. The zero-order valence-corrected chi connectivity index (χ0v) is 18.3. The van der Waals surface area contributed by atoms with Crippen LogP contribution in [0.1, 0.15) is 12.5 Å². The van der Waals surface area contributed by atoms with Crippen molar-refractivity contribution in [2.24, 2.45) is 5.92 Å². The number of carbonyl (C=O) groups is 2. The number of fused-ring (bicyclic) bond motifs is 1. The molecule has 0 aromatic heterocycles. The summed E-state index contributed by atoms with van der Waals surface area (Å²) in [5.74, 6) is -0.169. The zero-order valence-electron chi connectivity index (χ0n) is 17.4. The number of rotatable bonds is 6. The molecule has 2 atom stereocenters. The molecule has 6 nitrogen and oxygen atoms in total. The largest absolute Gasteiger partial charge is 0.497 e. The first-order valence-corrected chi connectivity index (χ1v) is 10.6. The first kappa shape index (κ1) is 21.1. The minimum Gasteiger partial charge on any atom is -0.497 e. The lowest BCUT2D eigenvalue weighted by Crippen LogP contribution is -2.59. The summed E-state index contributed by atoms with van der Waals surface area (Å²) >= 11 is 4.43. The Morgan fingerprint density at radius 2 is 1.77 bits per heavy atom. The van der Waals surface area contributed by atoms with Crippen LogP contribution in [0.15, 0.2) is 60.7 Å². The number of anilines is 1. The molecule has 0 saturated carbocycles. The number of benzene rings is 3. The lowest BCUT2D eigenvalue weighted by Gasteiger charge is -2.37. The SMILES string of the molecule is CCOc1ccc2ccccc2c1CC1C(=O)NC(S)N(c2ccc(OC)cc2)C1=O. The Kier molecular flexibility index (Phi) is 6.04. The van der Waals surface area contributed by atoms with Gasteiger partial charge in [0, 0.05) is 11.3 Å². The Morgan fingerprint density at radius 1 is 1.03 bits per heavy atom. The van der Waals surface area contributed by atoms with Crippen LogP contribution in [0.25, 0.3) is 10.8 Å². The highest BCUT2D eigenvalue weighted by Gasteiger charge is 2.41. The van der Waals surface area contributed by atoms with E-state index in [2.05, 4.69) is 17.9 Å². The second kappa shape index (κ2) is 8.89. The van der Waals surface area contributed by atoms with Gasteiger partial charge in [-0.15, -0.1) is 12.6 Å². The first-order chi connectivity index (χ1) is 15.0. The number of carbonyl (C=O) groups excluding carboxylic acids is 2. The molecule has 3 aromatic carbocycles. The fourth-order valence-electron chi connectivity index (χ4n) is 3.91. The summed E-state index contributed by atoms with van der Waals surface area (Å²) < 4.78 is 11.0. The lowest BCUT2D eigenvalue weighted by molar-refractivity contribution is -0.136. The zero-order chi connectivity index (χ0) is 22.0. The van der Waals surface area contributed by atoms with Crippen molar-refractivity contribution in [2.75, 3.05) is 18.6 Å². The van der Waals surface area contributed by atoms with Crippen LogP contribution in [0.2, 0.25) is 0 Å². The van der Waals surface area contributed by atoms with Crippen molar-refractivity contribution in [1.82, 2.24) is 5.32 Å². The molecule has 3 aromatic rings. The minimum absolute atomic E-state index is 0.231. The van der Waals surface area contributed by atoms with Crippen molar-refractivity contribution in [3.8, 4) is 11.5 Å².